The number of nitrogens with one attached hydrogen (secondary N) is 1. The first-order chi connectivity index (χ1) is 17.6. The second-order valence-corrected chi connectivity index (χ2v) is 10.3. The fourth-order valence-corrected chi connectivity index (χ4v) is 6.02. The number of carbonyl (C=O) groups excluding carboxylic acids is 1. The van der Waals surface area contributed by atoms with Gasteiger partial charge in [-0.3, -0.25) is 4.79 Å². The van der Waals surface area contributed by atoms with Crippen molar-refractivity contribution in [2.45, 2.75) is 20.3 Å². The maximum absolute atomic E-state index is 13.9. The summed E-state index contributed by atoms with van der Waals surface area (Å²) in [5.74, 6) is 3.19. The van der Waals surface area contributed by atoms with E-state index in [1.165, 1.54) is 6.42 Å². The van der Waals surface area contributed by atoms with E-state index in [1.807, 2.05) is 42.5 Å². The number of hydrogen-bond acceptors (Lipinski definition) is 7. The van der Waals surface area contributed by atoms with Crippen LogP contribution < -0.4 is 19.7 Å². The van der Waals surface area contributed by atoms with Crippen molar-refractivity contribution < 1.29 is 18.8 Å². The fourth-order valence-electron chi connectivity index (χ4n) is 6.02. The number of ketones is 1. The highest BCUT2D eigenvalue weighted by Crippen LogP contribution is 2.47. The first kappa shape index (κ1) is 21.3. The topological polar surface area (TPSA) is 76.8 Å². The van der Waals surface area contributed by atoms with Crippen LogP contribution in [0.5, 0.6) is 11.5 Å². The van der Waals surface area contributed by atoms with Gasteiger partial charge in [-0.2, -0.15) is 0 Å². The molecule has 182 valence electrons. The van der Waals surface area contributed by atoms with E-state index in [9.17, 15) is 4.79 Å². The molecule has 0 spiro atoms. The SMILES string of the molecule is C[C@H]1C[C@H](C)CN(c2cc(Nc3ccc4c(c3)OCCO4)c3c4c(onc24)-c2ccccc2C3=O)C1. The van der Waals surface area contributed by atoms with Crippen molar-refractivity contribution in [3.8, 4) is 22.8 Å². The summed E-state index contributed by atoms with van der Waals surface area (Å²) < 4.78 is 17.4. The number of benzene rings is 3. The van der Waals surface area contributed by atoms with E-state index in [-0.39, 0.29) is 5.78 Å². The van der Waals surface area contributed by atoms with Gasteiger partial charge in [0, 0.05) is 36.0 Å². The van der Waals surface area contributed by atoms with Crippen LogP contribution in [0.2, 0.25) is 0 Å². The molecule has 0 saturated carbocycles. The average Bonchev–Trinajstić information content (AvgIpc) is 3.32. The summed E-state index contributed by atoms with van der Waals surface area (Å²) in [6, 6.07) is 15.4. The number of aromatic nitrogens is 1. The molecule has 3 heterocycles. The van der Waals surface area contributed by atoms with E-state index < -0.39 is 0 Å². The highest BCUT2D eigenvalue weighted by molar-refractivity contribution is 6.28. The predicted octanol–water partition coefficient (Wildman–Crippen LogP) is 6.04. The van der Waals surface area contributed by atoms with Gasteiger partial charge in [0.15, 0.2) is 23.0 Å². The average molecular weight is 482 g/mol. The summed E-state index contributed by atoms with van der Waals surface area (Å²) in [5, 5.41) is 8.83. The van der Waals surface area contributed by atoms with Gasteiger partial charge < -0.3 is 24.2 Å². The van der Waals surface area contributed by atoms with Gasteiger partial charge in [0.2, 0.25) is 0 Å². The number of ether oxygens (including phenoxy) is 2. The summed E-state index contributed by atoms with van der Waals surface area (Å²) in [6.45, 7) is 7.52. The Bertz CT molecular complexity index is 1510. The van der Waals surface area contributed by atoms with Crippen molar-refractivity contribution in [3.05, 3.63) is 59.7 Å². The minimum Gasteiger partial charge on any atom is -0.486 e. The Labute approximate surface area is 209 Å². The molecule has 0 unspecified atom stereocenters. The molecule has 3 aliphatic rings. The van der Waals surface area contributed by atoms with Gasteiger partial charge in [-0.05, 0) is 36.5 Å². The first-order valence-corrected chi connectivity index (χ1v) is 12.6. The zero-order valence-corrected chi connectivity index (χ0v) is 20.3. The number of carbonyl (C=O) groups is 1. The van der Waals surface area contributed by atoms with Crippen molar-refractivity contribution in [1.82, 2.24) is 5.16 Å². The van der Waals surface area contributed by atoms with Crippen molar-refractivity contribution in [1.29, 1.82) is 0 Å². The normalized spacial score (nSPS) is 20.4. The molecule has 1 aromatic heterocycles. The maximum Gasteiger partial charge on any atom is 0.196 e. The van der Waals surface area contributed by atoms with E-state index in [0.717, 1.165) is 52.4 Å². The van der Waals surface area contributed by atoms with Crippen molar-refractivity contribution in [2.24, 2.45) is 11.8 Å². The lowest BCUT2D eigenvalue weighted by molar-refractivity contribution is 0.104. The Morgan fingerprint density at radius 3 is 2.50 bits per heavy atom. The zero-order chi connectivity index (χ0) is 24.4. The van der Waals surface area contributed by atoms with E-state index in [0.29, 0.717) is 47.7 Å². The maximum atomic E-state index is 13.9. The van der Waals surface area contributed by atoms with Crippen LogP contribution in [-0.4, -0.2) is 37.2 Å². The van der Waals surface area contributed by atoms with Crippen LogP contribution >= 0.6 is 0 Å². The van der Waals surface area contributed by atoms with E-state index in [2.05, 4.69) is 35.3 Å². The summed E-state index contributed by atoms with van der Waals surface area (Å²) in [4.78, 5) is 16.3. The van der Waals surface area contributed by atoms with Crippen LogP contribution in [0.25, 0.3) is 22.2 Å². The second kappa shape index (κ2) is 8.01. The number of hydrogen-bond donors (Lipinski definition) is 1. The van der Waals surface area contributed by atoms with Gasteiger partial charge in [0.05, 0.1) is 22.3 Å². The van der Waals surface area contributed by atoms with Gasteiger partial charge in [-0.15, -0.1) is 0 Å². The minimum absolute atomic E-state index is 0.0294. The monoisotopic (exact) mass is 481 g/mol. The number of nitrogens with zero attached hydrogens (tertiary/aromatic N) is 2. The standard InChI is InChI=1S/C29H27N3O4/c1-16-11-17(2)15-32(14-16)22-13-21(30-18-7-8-23-24(12-18)35-10-9-34-23)25-26-27(22)31-36-29(26)20-6-4-3-5-19(20)28(25)33/h3-8,12-13,16-17,30H,9-11,14-15H2,1-2H3/t16-,17-/m0/s1. The molecule has 2 atom stereocenters. The molecule has 2 aliphatic heterocycles. The lowest BCUT2D eigenvalue weighted by atomic mass is 9.85. The van der Waals surface area contributed by atoms with Crippen LogP contribution in [0.1, 0.15) is 36.2 Å². The Kier molecular flexibility index (Phi) is 4.74. The molecule has 36 heavy (non-hydrogen) atoms. The molecule has 7 heteroatoms. The summed E-state index contributed by atoms with van der Waals surface area (Å²) in [5.41, 5.74) is 5.32. The quantitative estimate of drug-likeness (QED) is 0.337. The summed E-state index contributed by atoms with van der Waals surface area (Å²) >= 11 is 0. The predicted molar refractivity (Wildman–Crippen MR) is 139 cm³/mol. The Morgan fingerprint density at radius 1 is 0.944 bits per heavy atom. The third-order valence-electron chi connectivity index (χ3n) is 7.41. The van der Waals surface area contributed by atoms with Crippen molar-refractivity contribution in [2.75, 3.05) is 36.5 Å². The largest absolute Gasteiger partial charge is 0.486 e. The zero-order valence-electron chi connectivity index (χ0n) is 20.3. The molecule has 1 N–H and O–H groups in total. The third-order valence-corrected chi connectivity index (χ3v) is 7.41. The fraction of sp³-hybridized carbons (Fsp3) is 0.310. The van der Waals surface area contributed by atoms with Crippen LogP contribution in [0, 0.1) is 11.8 Å². The number of rotatable bonds is 3. The summed E-state index contributed by atoms with van der Waals surface area (Å²) in [6.07, 6.45) is 1.20. The van der Waals surface area contributed by atoms with Gasteiger partial charge in [0.1, 0.15) is 18.7 Å². The van der Waals surface area contributed by atoms with Gasteiger partial charge in [0.25, 0.3) is 0 Å². The van der Waals surface area contributed by atoms with Crippen molar-refractivity contribution in [3.63, 3.8) is 0 Å². The van der Waals surface area contributed by atoms with Crippen molar-refractivity contribution >= 4 is 33.7 Å². The Hall–Kier alpha value is -4.00. The Balaban J connectivity index is 1.43. The molecule has 0 bridgehead atoms. The molecular weight excluding hydrogens is 454 g/mol. The Morgan fingerprint density at radius 2 is 1.69 bits per heavy atom. The third kappa shape index (κ3) is 3.26. The molecule has 0 radical (unpaired) electrons. The smallest absolute Gasteiger partial charge is 0.196 e. The molecule has 1 aliphatic carbocycles. The molecular formula is C29H27N3O4. The molecule has 1 saturated heterocycles. The molecule has 7 rings (SSSR count). The number of piperidine rings is 1. The van der Waals surface area contributed by atoms with E-state index in [4.69, 9.17) is 14.0 Å². The van der Waals surface area contributed by atoms with Crippen LogP contribution in [0.15, 0.2) is 53.1 Å². The second-order valence-electron chi connectivity index (χ2n) is 10.3. The molecule has 3 aromatic carbocycles. The number of fused-ring (bicyclic) bond motifs is 3. The molecule has 7 nitrogen and oxygen atoms in total. The van der Waals surface area contributed by atoms with Gasteiger partial charge >= 0.3 is 0 Å². The summed E-state index contributed by atoms with van der Waals surface area (Å²) in [7, 11) is 0. The van der Waals surface area contributed by atoms with E-state index in [1.54, 1.807) is 0 Å². The molecule has 1 fully saturated rings. The number of anilines is 3. The van der Waals surface area contributed by atoms with Crippen LogP contribution in [0.3, 0.4) is 0 Å². The van der Waals surface area contributed by atoms with Gasteiger partial charge in [-0.1, -0.05) is 43.3 Å². The van der Waals surface area contributed by atoms with Gasteiger partial charge in [-0.25, -0.2) is 0 Å². The molecule has 4 aromatic rings. The first-order valence-electron chi connectivity index (χ1n) is 12.6. The highest BCUT2D eigenvalue weighted by atomic mass is 16.6. The lowest BCUT2D eigenvalue weighted by Gasteiger charge is -2.37. The minimum atomic E-state index is -0.0294. The van der Waals surface area contributed by atoms with Crippen LogP contribution in [-0.2, 0) is 0 Å². The van der Waals surface area contributed by atoms with Crippen LogP contribution in [0.4, 0.5) is 17.1 Å². The molecule has 0 amide bonds. The van der Waals surface area contributed by atoms with E-state index >= 15 is 0 Å². The highest BCUT2D eigenvalue weighted by Gasteiger charge is 2.35. The lowest BCUT2D eigenvalue weighted by Crippen LogP contribution is -2.39.